The van der Waals surface area contributed by atoms with Gasteiger partial charge in [0.05, 0.1) is 13.2 Å². The maximum absolute atomic E-state index is 5.43. The zero-order valence-corrected chi connectivity index (χ0v) is 5.50. The summed E-state index contributed by atoms with van der Waals surface area (Å²) >= 11 is 0. The van der Waals surface area contributed by atoms with Gasteiger partial charge >= 0.3 is 0 Å². The average Bonchev–Trinajstić information content (AvgIpc) is 2.33. The molecule has 2 aliphatic heterocycles. The van der Waals surface area contributed by atoms with E-state index in [1.165, 1.54) is 5.57 Å². The highest BCUT2D eigenvalue weighted by Crippen LogP contribution is 2.16. The Morgan fingerprint density at radius 1 is 1.80 bits per heavy atom. The lowest BCUT2D eigenvalue weighted by molar-refractivity contribution is 0.199. The number of nitrogens with one attached hydrogen (secondary N) is 1. The van der Waals surface area contributed by atoms with E-state index in [0.29, 0.717) is 19.2 Å². The number of hydrogen-bond acceptors (Lipinski definition) is 4. The van der Waals surface area contributed by atoms with E-state index >= 15 is 0 Å². The summed E-state index contributed by atoms with van der Waals surface area (Å²) in [6.07, 6.45) is 1.88. The van der Waals surface area contributed by atoms with Crippen LogP contribution in [0, 0.1) is 0 Å². The fourth-order valence-corrected chi connectivity index (χ4v) is 1.12. The van der Waals surface area contributed by atoms with E-state index in [0.717, 1.165) is 0 Å². The third-order valence-electron chi connectivity index (χ3n) is 1.67. The first-order valence-corrected chi connectivity index (χ1v) is 3.23. The molecule has 0 bridgehead atoms. The van der Waals surface area contributed by atoms with Crippen molar-refractivity contribution in [3.63, 3.8) is 0 Å². The van der Waals surface area contributed by atoms with Crippen LogP contribution in [-0.2, 0) is 4.74 Å². The monoisotopic (exact) mass is 139 g/mol. The molecule has 0 spiro atoms. The molecule has 10 heavy (non-hydrogen) atoms. The van der Waals surface area contributed by atoms with Crippen molar-refractivity contribution in [2.24, 2.45) is 10.7 Å². The minimum absolute atomic E-state index is 0.182. The number of hydrogen-bond donors (Lipinski definition) is 2. The molecular formula is C6H9N3O. The Balaban J connectivity index is 2.22. The molecule has 0 saturated carbocycles. The molecule has 0 aromatic heterocycles. The second kappa shape index (κ2) is 1.98. The predicted molar refractivity (Wildman–Crippen MR) is 37.4 cm³/mol. The van der Waals surface area contributed by atoms with Crippen LogP contribution in [0.1, 0.15) is 0 Å². The van der Waals surface area contributed by atoms with Gasteiger partial charge in [-0.3, -0.25) is 0 Å². The number of fused-ring (bicyclic) bond motifs is 1. The smallest absolute Gasteiger partial charge is 0.193 e. The molecule has 3 N–H and O–H groups in total. The van der Waals surface area contributed by atoms with E-state index in [1.807, 2.05) is 6.20 Å². The summed E-state index contributed by atoms with van der Waals surface area (Å²) in [5, 5.41) is 2.84. The molecule has 4 nitrogen and oxygen atoms in total. The van der Waals surface area contributed by atoms with Crippen LogP contribution in [0.2, 0.25) is 0 Å². The van der Waals surface area contributed by atoms with Gasteiger partial charge < -0.3 is 15.8 Å². The van der Waals surface area contributed by atoms with E-state index in [4.69, 9.17) is 10.5 Å². The second-order valence-electron chi connectivity index (χ2n) is 2.41. The van der Waals surface area contributed by atoms with E-state index in [1.54, 1.807) is 0 Å². The molecule has 4 heteroatoms. The number of rotatable bonds is 0. The number of nitrogens with zero attached hydrogens (tertiary/aromatic N) is 1. The summed E-state index contributed by atoms with van der Waals surface area (Å²) in [6.45, 7) is 1.36. The summed E-state index contributed by atoms with van der Waals surface area (Å²) in [4.78, 5) is 4.13. The van der Waals surface area contributed by atoms with Crippen molar-refractivity contribution in [1.29, 1.82) is 0 Å². The van der Waals surface area contributed by atoms with Crippen molar-refractivity contribution in [1.82, 2.24) is 5.32 Å². The molecule has 54 valence electrons. The first-order chi connectivity index (χ1) is 4.86. The van der Waals surface area contributed by atoms with Crippen LogP contribution in [0.25, 0.3) is 0 Å². The van der Waals surface area contributed by atoms with Crippen LogP contribution in [-0.4, -0.2) is 25.2 Å². The molecular weight excluding hydrogens is 130 g/mol. The second-order valence-corrected chi connectivity index (χ2v) is 2.41. The van der Waals surface area contributed by atoms with Crippen LogP contribution in [0.15, 0.2) is 16.8 Å². The molecule has 0 aliphatic carbocycles. The molecule has 1 fully saturated rings. The SMILES string of the molecule is NC1=NC2COCC2=CN1. The van der Waals surface area contributed by atoms with E-state index in [-0.39, 0.29) is 6.04 Å². The van der Waals surface area contributed by atoms with Crippen LogP contribution < -0.4 is 11.1 Å². The Labute approximate surface area is 58.8 Å². The van der Waals surface area contributed by atoms with Gasteiger partial charge in [0.1, 0.15) is 6.04 Å². The first-order valence-electron chi connectivity index (χ1n) is 3.23. The van der Waals surface area contributed by atoms with Gasteiger partial charge in [-0.2, -0.15) is 0 Å². The first kappa shape index (κ1) is 5.73. The van der Waals surface area contributed by atoms with Crippen molar-refractivity contribution in [2.45, 2.75) is 6.04 Å². The van der Waals surface area contributed by atoms with Gasteiger partial charge in [-0.1, -0.05) is 0 Å². The normalized spacial score (nSPS) is 30.2. The summed E-state index contributed by atoms with van der Waals surface area (Å²) in [6, 6.07) is 0.182. The quantitative estimate of drug-likeness (QED) is 0.461. The molecule has 1 saturated heterocycles. The number of nitrogens with two attached hydrogens (primary N) is 1. The van der Waals surface area contributed by atoms with E-state index in [9.17, 15) is 0 Å². The van der Waals surface area contributed by atoms with Gasteiger partial charge in [-0.25, -0.2) is 4.99 Å². The molecule has 0 aromatic carbocycles. The van der Waals surface area contributed by atoms with E-state index < -0.39 is 0 Å². The van der Waals surface area contributed by atoms with Gasteiger partial charge in [-0.05, 0) is 5.57 Å². The maximum atomic E-state index is 5.43. The van der Waals surface area contributed by atoms with Gasteiger partial charge in [0.2, 0.25) is 0 Å². The highest BCUT2D eigenvalue weighted by Gasteiger charge is 2.23. The molecule has 2 heterocycles. The number of aliphatic imine (C=N–C) groups is 1. The fraction of sp³-hybridized carbons (Fsp3) is 0.500. The molecule has 1 unspecified atom stereocenters. The van der Waals surface area contributed by atoms with E-state index in [2.05, 4.69) is 10.3 Å². The van der Waals surface area contributed by atoms with Gasteiger partial charge in [0.15, 0.2) is 5.96 Å². The highest BCUT2D eigenvalue weighted by molar-refractivity contribution is 5.80. The molecule has 0 radical (unpaired) electrons. The number of ether oxygens (including phenoxy) is 1. The van der Waals surface area contributed by atoms with Gasteiger partial charge in [0.25, 0.3) is 0 Å². The van der Waals surface area contributed by atoms with Crippen molar-refractivity contribution in [3.8, 4) is 0 Å². The lowest BCUT2D eigenvalue weighted by Gasteiger charge is -2.12. The van der Waals surface area contributed by atoms with Crippen molar-refractivity contribution in [3.05, 3.63) is 11.8 Å². The van der Waals surface area contributed by atoms with Gasteiger partial charge in [-0.15, -0.1) is 0 Å². The lowest BCUT2D eigenvalue weighted by atomic mass is 10.2. The highest BCUT2D eigenvalue weighted by atomic mass is 16.5. The van der Waals surface area contributed by atoms with Crippen LogP contribution in [0.4, 0.5) is 0 Å². The third-order valence-corrected chi connectivity index (χ3v) is 1.67. The summed E-state index contributed by atoms with van der Waals surface area (Å²) in [7, 11) is 0. The van der Waals surface area contributed by atoms with Crippen molar-refractivity contribution in [2.75, 3.05) is 13.2 Å². The fourth-order valence-electron chi connectivity index (χ4n) is 1.12. The van der Waals surface area contributed by atoms with Crippen LogP contribution >= 0.6 is 0 Å². The number of guanidine groups is 1. The molecule has 0 amide bonds. The summed E-state index contributed by atoms with van der Waals surface area (Å²) < 4.78 is 5.17. The van der Waals surface area contributed by atoms with Crippen molar-refractivity contribution < 1.29 is 4.74 Å². The minimum Gasteiger partial charge on any atom is -0.374 e. The maximum Gasteiger partial charge on any atom is 0.193 e. The third kappa shape index (κ3) is 0.769. The molecule has 1 atom stereocenters. The summed E-state index contributed by atoms with van der Waals surface area (Å²) in [5.41, 5.74) is 6.62. The van der Waals surface area contributed by atoms with Crippen molar-refractivity contribution >= 4 is 5.96 Å². The average molecular weight is 139 g/mol. The Kier molecular flexibility index (Phi) is 1.14. The lowest BCUT2D eigenvalue weighted by Crippen LogP contribution is -2.33. The molecule has 0 aromatic rings. The standard InChI is InChI=1S/C6H9N3O/c7-6-8-1-4-2-10-3-5(4)9-6/h1,5H,2-3H2,(H3,7,8,9). The Hall–Kier alpha value is -1.03. The zero-order valence-electron chi connectivity index (χ0n) is 5.50. The Morgan fingerprint density at radius 2 is 2.70 bits per heavy atom. The molecule has 2 rings (SSSR count). The Bertz CT molecular complexity index is 209. The Morgan fingerprint density at radius 3 is 3.60 bits per heavy atom. The topological polar surface area (TPSA) is 59.6 Å². The predicted octanol–water partition coefficient (Wildman–Crippen LogP) is -0.813. The largest absolute Gasteiger partial charge is 0.374 e. The van der Waals surface area contributed by atoms with Crippen LogP contribution in [0.5, 0.6) is 0 Å². The minimum atomic E-state index is 0.182. The molecule has 2 aliphatic rings. The summed E-state index contributed by atoms with van der Waals surface area (Å²) in [5.74, 6) is 0.485. The van der Waals surface area contributed by atoms with Crippen LogP contribution in [0.3, 0.4) is 0 Å². The van der Waals surface area contributed by atoms with Gasteiger partial charge in [0, 0.05) is 6.20 Å². The zero-order chi connectivity index (χ0) is 6.97.